The third-order valence-corrected chi connectivity index (χ3v) is 6.43. The van der Waals surface area contributed by atoms with Crippen molar-refractivity contribution >= 4 is 28.5 Å². The molecule has 3 atom stereocenters. The fraction of sp³-hybridized carbons (Fsp3) is 0.350. The van der Waals surface area contributed by atoms with Crippen LogP contribution in [0.5, 0.6) is 0 Å². The number of hydrogen-bond donors (Lipinski definition) is 2. The summed E-state index contributed by atoms with van der Waals surface area (Å²) in [6, 6.07) is 4.73. The number of rotatable bonds is 3. The number of fused-ring (bicyclic) bond motifs is 1. The van der Waals surface area contributed by atoms with E-state index >= 15 is 0 Å². The number of pyridine rings is 1. The van der Waals surface area contributed by atoms with Crippen molar-refractivity contribution in [1.29, 1.82) is 0 Å². The Bertz CT molecular complexity index is 1140. The number of nitrogens with zero attached hydrogens (tertiary/aromatic N) is 2. The quantitative estimate of drug-likeness (QED) is 0.603. The van der Waals surface area contributed by atoms with Crippen LogP contribution in [0.4, 0.5) is 36.4 Å². The van der Waals surface area contributed by atoms with E-state index in [0.29, 0.717) is 12.3 Å². The van der Waals surface area contributed by atoms with Crippen molar-refractivity contribution in [3.8, 4) is 0 Å². The van der Waals surface area contributed by atoms with Crippen LogP contribution in [0, 0.1) is 11.7 Å². The summed E-state index contributed by atoms with van der Waals surface area (Å²) in [5.74, 6) is -3.18. The fourth-order valence-electron chi connectivity index (χ4n) is 3.92. The van der Waals surface area contributed by atoms with Gasteiger partial charge < -0.3 is 15.8 Å². The molecule has 14 heteroatoms. The predicted octanol–water partition coefficient (Wildman–Crippen LogP) is 4.33. The molecule has 0 saturated carbocycles. The van der Waals surface area contributed by atoms with E-state index < -0.39 is 53.8 Å². The van der Waals surface area contributed by atoms with Crippen molar-refractivity contribution < 1.29 is 40.3 Å². The monoisotopic (exact) mass is 508 g/mol. The minimum atomic E-state index is -4.72. The number of nitrogens with two attached hydrogens (primary N) is 1. The van der Waals surface area contributed by atoms with Crippen molar-refractivity contribution in [2.24, 2.45) is 16.6 Å². The Hall–Kier alpha value is -2.87. The molecule has 1 aromatic heterocycles. The topological polar surface area (TPSA) is 89.6 Å². The molecular formula is C20H15F7N4O2S. The van der Waals surface area contributed by atoms with Crippen LogP contribution in [0.25, 0.3) is 0 Å². The minimum Gasteiger partial charge on any atom is -0.379 e. The average molecular weight is 508 g/mol. The van der Waals surface area contributed by atoms with E-state index in [1.807, 2.05) is 0 Å². The maximum Gasteiger partial charge on any atom is 0.417 e. The second-order valence-corrected chi connectivity index (χ2v) is 8.68. The summed E-state index contributed by atoms with van der Waals surface area (Å²) < 4.78 is 98.5. The predicted molar refractivity (Wildman–Crippen MR) is 109 cm³/mol. The zero-order chi connectivity index (χ0) is 24.9. The molecule has 4 rings (SSSR count). The van der Waals surface area contributed by atoms with Gasteiger partial charge in [-0.25, -0.2) is 9.38 Å². The van der Waals surface area contributed by atoms with E-state index in [0.717, 1.165) is 36.0 Å². The van der Waals surface area contributed by atoms with Gasteiger partial charge in [0.15, 0.2) is 11.3 Å². The van der Waals surface area contributed by atoms with Crippen molar-refractivity contribution in [3.63, 3.8) is 0 Å². The number of amidine groups is 1. The highest BCUT2D eigenvalue weighted by molar-refractivity contribution is 8.13. The lowest BCUT2D eigenvalue weighted by atomic mass is 9.78. The average Bonchev–Trinajstić information content (AvgIpc) is 3.14. The molecule has 0 radical (unpaired) electrons. The first kappa shape index (κ1) is 24.3. The summed E-state index contributed by atoms with van der Waals surface area (Å²) in [7, 11) is 0. The first-order valence-corrected chi connectivity index (χ1v) is 10.6. The number of ether oxygens (including phenoxy) is 1. The third kappa shape index (κ3) is 4.43. The second-order valence-electron chi connectivity index (χ2n) is 7.64. The summed E-state index contributed by atoms with van der Waals surface area (Å²) in [6.07, 6.45) is -11.1. The summed E-state index contributed by atoms with van der Waals surface area (Å²) >= 11 is 0.896. The summed E-state index contributed by atoms with van der Waals surface area (Å²) in [6.45, 7) is -0.585. The van der Waals surface area contributed by atoms with Crippen molar-refractivity contribution in [2.75, 3.05) is 17.7 Å². The number of aromatic nitrogens is 1. The lowest BCUT2D eigenvalue weighted by molar-refractivity contribution is -0.215. The van der Waals surface area contributed by atoms with Crippen molar-refractivity contribution in [2.45, 2.75) is 24.0 Å². The summed E-state index contributed by atoms with van der Waals surface area (Å²) in [5.41, 5.74) is 2.29. The van der Waals surface area contributed by atoms with Gasteiger partial charge in [-0.2, -0.15) is 26.3 Å². The van der Waals surface area contributed by atoms with E-state index in [1.165, 1.54) is 0 Å². The first-order chi connectivity index (χ1) is 15.8. The minimum absolute atomic E-state index is 0.0290. The van der Waals surface area contributed by atoms with E-state index in [1.54, 1.807) is 0 Å². The number of alkyl halides is 6. The third-order valence-electron chi connectivity index (χ3n) is 5.52. The van der Waals surface area contributed by atoms with Crippen LogP contribution in [-0.2, 0) is 16.5 Å². The Labute approximate surface area is 191 Å². The highest BCUT2D eigenvalue weighted by atomic mass is 32.2. The first-order valence-electron chi connectivity index (χ1n) is 9.62. The molecule has 0 bridgehead atoms. The Morgan fingerprint density at radius 1 is 1.18 bits per heavy atom. The molecule has 182 valence electrons. The molecule has 1 amide bonds. The highest BCUT2D eigenvalue weighted by Crippen LogP contribution is 2.52. The fourth-order valence-corrected chi connectivity index (χ4v) is 4.95. The number of carbonyl (C=O) groups excluding carboxylic acids is 1. The maximum absolute atomic E-state index is 14.9. The molecule has 0 aliphatic carbocycles. The number of halogens is 7. The Kier molecular flexibility index (Phi) is 6.00. The number of carbonyl (C=O) groups is 1. The van der Waals surface area contributed by atoms with Gasteiger partial charge in [0.05, 0.1) is 12.2 Å². The molecule has 0 spiro atoms. The normalized spacial score (nSPS) is 25.0. The smallest absolute Gasteiger partial charge is 0.379 e. The van der Waals surface area contributed by atoms with Gasteiger partial charge in [-0.1, -0.05) is 11.8 Å². The number of amides is 1. The van der Waals surface area contributed by atoms with Gasteiger partial charge in [0.25, 0.3) is 5.91 Å². The highest BCUT2D eigenvalue weighted by Gasteiger charge is 2.62. The lowest BCUT2D eigenvalue weighted by Crippen LogP contribution is -2.46. The number of hydrogen-bond acceptors (Lipinski definition) is 6. The van der Waals surface area contributed by atoms with Gasteiger partial charge in [0.2, 0.25) is 0 Å². The molecule has 1 aromatic carbocycles. The summed E-state index contributed by atoms with van der Waals surface area (Å²) in [5, 5.41) is 2.32. The van der Waals surface area contributed by atoms with Gasteiger partial charge in [-0.05, 0) is 30.3 Å². The molecule has 34 heavy (non-hydrogen) atoms. The molecule has 2 aliphatic heterocycles. The molecule has 2 aliphatic rings. The number of aliphatic imine (C=N–C) groups is 1. The lowest BCUT2D eigenvalue weighted by Gasteiger charge is -2.36. The van der Waals surface area contributed by atoms with Gasteiger partial charge in [-0.3, -0.25) is 9.78 Å². The standard InChI is InChI=1S/C20H15F7N4O2S/c21-13-3-2-10(30-16(32)14-4-1-9(6-29-14)19(22,23)24)5-11(13)18-8-33-15(20(25,26)27)12(18)7-34-17(28)31-18/h1-6,12,15H,7-8H2,(H2,28,31)(H,30,32)/t12-,15+,18-/m1/s1. The summed E-state index contributed by atoms with van der Waals surface area (Å²) in [4.78, 5) is 20.1. The van der Waals surface area contributed by atoms with Crippen LogP contribution in [0.15, 0.2) is 41.5 Å². The van der Waals surface area contributed by atoms with Crippen molar-refractivity contribution in [3.05, 3.63) is 59.2 Å². The molecule has 0 unspecified atom stereocenters. The van der Waals surface area contributed by atoms with Crippen LogP contribution in [0.1, 0.15) is 21.6 Å². The number of thioether (sulfide) groups is 1. The second kappa shape index (κ2) is 8.41. The zero-order valence-electron chi connectivity index (χ0n) is 16.9. The van der Waals surface area contributed by atoms with Gasteiger partial charge in [-0.15, -0.1) is 0 Å². The Morgan fingerprint density at radius 2 is 1.91 bits per heavy atom. The number of benzene rings is 1. The molecule has 1 fully saturated rings. The zero-order valence-corrected chi connectivity index (χ0v) is 17.7. The maximum atomic E-state index is 14.9. The largest absolute Gasteiger partial charge is 0.417 e. The van der Waals surface area contributed by atoms with E-state index in [4.69, 9.17) is 10.5 Å². The van der Waals surface area contributed by atoms with Crippen LogP contribution in [0.3, 0.4) is 0 Å². The Morgan fingerprint density at radius 3 is 2.53 bits per heavy atom. The van der Waals surface area contributed by atoms with Crippen LogP contribution in [-0.4, -0.2) is 40.7 Å². The Balaban J connectivity index is 1.66. The van der Waals surface area contributed by atoms with Gasteiger partial charge in [0.1, 0.15) is 17.1 Å². The molecule has 6 nitrogen and oxygen atoms in total. The molecule has 3 heterocycles. The van der Waals surface area contributed by atoms with Crippen LogP contribution >= 0.6 is 11.8 Å². The SMILES string of the molecule is NC1=N[C@@]2(c3cc(NC(=O)c4ccc(C(F)(F)F)cn4)ccc3F)CO[C@H](C(F)(F)F)[C@H]2CS1. The molecule has 1 saturated heterocycles. The number of anilines is 1. The van der Waals surface area contributed by atoms with Crippen LogP contribution in [0.2, 0.25) is 0 Å². The molecule has 2 aromatic rings. The van der Waals surface area contributed by atoms with Gasteiger partial charge >= 0.3 is 12.4 Å². The molecular weight excluding hydrogens is 493 g/mol. The molecule has 3 N–H and O–H groups in total. The number of nitrogens with one attached hydrogen (secondary N) is 1. The van der Waals surface area contributed by atoms with Crippen LogP contribution < -0.4 is 11.1 Å². The van der Waals surface area contributed by atoms with Crippen molar-refractivity contribution in [1.82, 2.24) is 4.98 Å². The van der Waals surface area contributed by atoms with E-state index in [-0.39, 0.29) is 27.9 Å². The van der Waals surface area contributed by atoms with E-state index in [2.05, 4.69) is 15.3 Å². The van der Waals surface area contributed by atoms with Gasteiger partial charge in [0, 0.05) is 29.1 Å². The van der Waals surface area contributed by atoms with E-state index in [9.17, 15) is 35.5 Å².